The predicted octanol–water partition coefficient (Wildman–Crippen LogP) is 4.53. The van der Waals surface area contributed by atoms with Crippen LogP contribution in [0.5, 0.6) is 11.5 Å². The number of amides is 2. The average molecular weight is 464 g/mol. The van der Waals surface area contributed by atoms with Gasteiger partial charge in [0.1, 0.15) is 17.2 Å². The number of imide groups is 1. The number of benzene rings is 2. The summed E-state index contributed by atoms with van der Waals surface area (Å²) in [6, 6.07) is 15.7. The van der Waals surface area contributed by atoms with Gasteiger partial charge in [-0.25, -0.2) is 0 Å². The summed E-state index contributed by atoms with van der Waals surface area (Å²) in [5.41, 5.74) is 2.22. The topological polar surface area (TPSA) is 80.8 Å². The number of halogens is 1. The van der Waals surface area contributed by atoms with Gasteiger partial charge in [-0.05, 0) is 54.4 Å². The van der Waals surface area contributed by atoms with E-state index in [9.17, 15) is 9.59 Å². The quantitative estimate of drug-likeness (QED) is 0.494. The van der Waals surface area contributed by atoms with Crippen molar-refractivity contribution in [3.8, 4) is 11.5 Å². The zero-order valence-electron chi connectivity index (χ0n) is 18.2. The Balaban J connectivity index is 1.76. The van der Waals surface area contributed by atoms with Gasteiger partial charge in [-0.1, -0.05) is 29.8 Å². The predicted molar refractivity (Wildman–Crippen MR) is 126 cm³/mol. The molecule has 0 aliphatic carbocycles. The Morgan fingerprint density at radius 1 is 1.06 bits per heavy atom. The third-order valence-corrected chi connectivity index (χ3v) is 5.34. The first-order chi connectivity index (χ1) is 16.0. The highest BCUT2D eigenvalue weighted by Crippen LogP contribution is 2.35. The van der Waals surface area contributed by atoms with E-state index in [0.717, 1.165) is 5.56 Å². The lowest BCUT2D eigenvalue weighted by Gasteiger charge is -2.16. The highest BCUT2D eigenvalue weighted by molar-refractivity contribution is 6.36. The number of pyridine rings is 1. The van der Waals surface area contributed by atoms with Crippen LogP contribution in [-0.2, 0) is 16.1 Å². The Kier molecular flexibility index (Phi) is 6.60. The molecule has 2 aromatic carbocycles. The molecule has 0 atom stereocenters. The second-order valence-corrected chi connectivity index (χ2v) is 7.67. The fraction of sp³-hybridized carbons (Fsp3) is 0.160. The number of hydrogen-bond acceptors (Lipinski definition) is 6. The number of nitrogens with one attached hydrogen (secondary N) is 1. The molecule has 4 rings (SSSR count). The van der Waals surface area contributed by atoms with Crippen molar-refractivity contribution in [1.82, 2.24) is 9.88 Å². The standard InChI is InChI=1S/C25H22ClN3O4/c1-3-33-19-9-6-17(7-10-19)22-23(28-20-13-18(26)8-11-21(20)32-2)25(31)29(24(22)30)15-16-5-4-12-27-14-16/h4-14,28H,3,15H2,1-2H3. The van der Waals surface area contributed by atoms with Crippen molar-refractivity contribution >= 4 is 34.7 Å². The Morgan fingerprint density at radius 2 is 1.85 bits per heavy atom. The van der Waals surface area contributed by atoms with Gasteiger partial charge in [0.2, 0.25) is 0 Å². The van der Waals surface area contributed by atoms with Crippen molar-refractivity contribution < 1.29 is 19.1 Å². The number of ether oxygens (including phenoxy) is 2. The van der Waals surface area contributed by atoms with E-state index in [-0.39, 0.29) is 17.8 Å². The molecule has 2 heterocycles. The highest BCUT2D eigenvalue weighted by atomic mass is 35.5. The van der Waals surface area contributed by atoms with Crippen LogP contribution in [0.4, 0.5) is 5.69 Å². The first-order valence-electron chi connectivity index (χ1n) is 10.3. The molecule has 0 unspecified atom stereocenters. The van der Waals surface area contributed by atoms with Gasteiger partial charge in [-0.15, -0.1) is 0 Å². The summed E-state index contributed by atoms with van der Waals surface area (Å²) >= 11 is 6.17. The molecule has 1 aromatic heterocycles. The number of methoxy groups -OCH3 is 1. The van der Waals surface area contributed by atoms with Crippen LogP contribution in [0.1, 0.15) is 18.1 Å². The Hall–Kier alpha value is -3.84. The van der Waals surface area contributed by atoms with E-state index < -0.39 is 11.8 Å². The first kappa shape index (κ1) is 22.4. The molecule has 33 heavy (non-hydrogen) atoms. The number of carbonyl (C=O) groups excluding carboxylic acids is 2. The highest BCUT2D eigenvalue weighted by Gasteiger charge is 2.39. The second kappa shape index (κ2) is 9.75. The lowest BCUT2D eigenvalue weighted by Crippen LogP contribution is -2.32. The summed E-state index contributed by atoms with van der Waals surface area (Å²) in [7, 11) is 1.52. The monoisotopic (exact) mass is 463 g/mol. The zero-order valence-corrected chi connectivity index (χ0v) is 18.9. The van der Waals surface area contributed by atoms with Crippen molar-refractivity contribution in [3.63, 3.8) is 0 Å². The van der Waals surface area contributed by atoms with Gasteiger partial charge < -0.3 is 14.8 Å². The molecule has 1 aliphatic rings. The van der Waals surface area contributed by atoms with Gasteiger partial charge in [-0.3, -0.25) is 19.5 Å². The fourth-order valence-electron chi connectivity index (χ4n) is 3.57. The normalized spacial score (nSPS) is 13.5. The molecule has 1 N–H and O–H groups in total. The molecule has 8 heteroatoms. The molecule has 0 radical (unpaired) electrons. The SMILES string of the molecule is CCOc1ccc(C2=C(Nc3cc(Cl)ccc3OC)C(=O)N(Cc3cccnc3)C2=O)cc1. The minimum absolute atomic E-state index is 0.101. The lowest BCUT2D eigenvalue weighted by atomic mass is 10.0. The summed E-state index contributed by atoms with van der Waals surface area (Å²) in [6.45, 7) is 2.52. The van der Waals surface area contributed by atoms with Gasteiger partial charge in [0.25, 0.3) is 11.8 Å². The van der Waals surface area contributed by atoms with E-state index in [1.54, 1.807) is 60.9 Å². The summed E-state index contributed by atoms with van der Waals surface area (Å²) in [6.07, 6.45) is 3.27. The number of nitrogens with zero attached hydrogens (tertiary/aromatic N) is 2. The summed E-state index contributed by atoms with van der Waals surface area (Å²) < 4.78 is 10.9. The third kappa shape index (κ3) is 4.68. The first-order valence-corrected chi connectivity index (χ1v) is 10.7. The Bertz CT molecular complexity index is 1210. The van der Waals surface area contributed by atoms with Crippen LogP contribution in [0, 0.1) is 0 Å². The molecular formula is C25H22ClN3O4. The van der Waals surface area contributed by atoms with Crippen molar-refractivity contribution in [2.75, 3.05) is 19.0 Å². The zero-order chi connectivity index (χ0) is 23.4. The third-order valence-electron chi connectivity index (χ3n) is 5.11. The maximum atomic E-state index is 13.5. The van der Waals surface area contributed by atoms with Crippen molar-refractivity contribution in [1.29, 1.82) is 0 Å². The molecular weight excluding hydrogens is 442 g/mol. The van der Waals surface area contributed by atoms with E-state index in [1.807, 2.05) is 13.0 Å². The van der Waals surface area contributed by atoms with Gasteiger partial charge in [0.15, 0.2) is 0 Å². The van der Waals surface area contributed by atoms with Gasteiger partial charge >= 0.3 is 0 Å². The van der Waals surface area contributed by atoms with Crippen LogP contribution in [-0.4, -0.2) is 35.4 Å². The molecule has 0 fully saturated rings. The second-order valence-electron chi connectivity index (χ2n) is 7.23. The van der Waals surface area contributed by atoms with E-state index in [4.69, 9.17) is 21.1 Å². The van der Waals surface area contributed by atoms with Crippen LogP contribution < -0.4 is 14.8 Å². The molecule has 0 saturated carbocycles. The molecule has 168 valence electrons. The average Bonchev–Trinajstić information content (AvgIpc) is 3.05. The maximum Gasteiger partial charge on any atom is 0.278 e. The Morgan fingerprint density at radius 3 is 2.52 bits per heavy atom. The Labute approximate surface area is 196 Å². The summed E-state index contributed by atoms with van der Waals surface area (Å²) in [5.74, 6) is 0.312. The maximum absolute atomic E-state index is 13.5. The van der Waals surface area contributed by atoms with E-state index >= 15 is 0 Å². The number of anilines is 1. The van der Waals surface area contributed by atoms with Crippen molar-refractivity contribution in [2.24, 2.45) is 0 Å². The molecule has 0 spiro atoms. The minimum atomic E-state index is -0.449. The molecule has 7 nitrogen and oxygen atoms in total. The number of aromatic nitrogens is 1. The number of hydrogen-bond donors (Lipinski definition) is 1. The van der Waals surface area contributed by atoms with Gasteiger partial charge in [0.05, 0.1) is 31.5 Å². The fourth-order valence-corrected chi connectivity index (χ4v) is 3.75. The molecule has 1 aliphatic heterocycles. The van der Waals surface area contributed by atoms with Crippen LogP contribution >= 0.6 is 11.6 Å². The van der Waals surface area contributed by atoms with E-state index in [0.29, 0.717) is 34.4 Å². The van der Waals surface area contributed by atoms with Crippen LogP contribution in [0.2, 0.25) is 5.02 Å². The summed E-state index contributed by atoms with van der Waals surface area (Å²) in [4.78, 5) is 32.2. The molecule has 0 saturated heterocycles. The van der Waals surface area contributed by atoms with Gasteiger partial charge in [-0.2, -0.15) is 0 Å². The van der Waals surface area contributed by atoms with Crippen LogP contribution in [0.25, 0.3) is 5.57 Å². The van der Waals surface area contributed by atoms with Crippen LogP contribution in [0.3, 0.4) is 0 Å². The molecule has 3 aromatic rings. The van der Waals surface area contributed by atoms with Crippen LogP contribution in [0.15, 0.2) is 72.7 Å². The minimum Gasteiger partial charge on any atom is -0.495 e. The largest absolute Gasteiger partial charge is 0.495 e. The number of rotatable bonds is 8. The summed E-state index contributed by atoms with van der Waals surface area (Å²) in [5, 5.41) is 3.56. The van der Waals surface area contributed by atoms with Crippen molar-refractivity contribution in [2.45, 2.75) is 13.5 Å². The molecule has 0 bridgehead atoms. The smallest absolute Gasteiger partial charge is 0.278 e. The van der Waals surface area contributed by atoms with Gasteiger partial charge in [0, 0.05) is 17.4 Å². The lowest BCUT2D eigenvalue weighted by molar-refractivity contribution is -0.137. The van der Waals surface area contributed by atoms with E-state index in [2.05, 4.69) is 10.3 Å². The van der Waals surface area contributed by atoms with E-state index in [1.165, 1.54) is 12.0 Å². The molecule has 2 amide bonds. The van der Waals surface area contributed by atoms with Crippen molar-refractivity contribution in [3.05, 3.63) is 88.8 Å². The number of carbonyl (C=O) groups is 2.